The van der Waals surface area contributed by atoms with Crippen molar-refractivity contribution in [1.82, 2.24) is 10.6 Å². The molecule has 0 saturated carbocycles. The normalized spacial score (nSPS) is 24.4. The Kier molecular flexibility index (Phi) is 6.39. The maximum absolute atomic E-state index is 14.7. The van der Waals surface area contributed by atoms with Gasteiger partial charge in [0, 0.05) is 30.3 Å². The number of halogens is 1. The van der Waals surface area contributed by atoms with E-state index in [1.54, 1.807) is 42.5 Å². The average molecular weight is 402 g/mol. The molecule has 1 heterocycles. The fourth-order valence-electron chi connectivity index (χ4n) is 3.75. The van der Waals surface area contributed by atoms with Gasteiger partial charge in [-0.3, -0.25) is 10.1 Å². The monoisotopic (exact) mass is 402 g/mol. The zero-order chi connectivity index (χ0) is 20.1. The predicted molar refractivity (Wildman–Crippen MR) is 108 cm³/mol. The van der Waals surface area contributed by atoms with E-state index in [9.17, 15) is 14.3 Å². The van der Waals surface area contributed by atoms with Crippen LogP contribution in [0.1, 0.15) is 22.8 Å². The van der Waals surface area contributed by atoms with Crippen molar-refractivity contribution in [2.24, 2.45) is 11.8 Å². The van der Waals surface area contributed by atoms with Crippen molar-refractivity contribution in [3.05, 3.63) is 71.5 Å². The lowest BCUT2D eigenvalue weighted by atomic mass is 9.71. The highest BCUT2D eigenvalue weighted by Crippen LogP contribution is 2.39. The molecule has 1 aliphatic heterocycles. The van der Waals surface area contributed by atoms with Crippen molar-refractivity contribution in [1.29, 1.82) is 0 Å². The Hall–Kier alpha value is -2.35. The zero-order valence-corrected chi connectivity index (χ0v) is 16.3. The number of ether oxygens (including phenoxy) is 1. The number of aliphatic hydroxyl groups excluding tert-OH is 1. The lowest BCUT2D eigenvalue weighted by Crippen LogP contribution is -2.62. The van der Waals surface area contributed by atoms with Gasteiger partial charge in [0.2, 0.25) is 0 Å². The number of hydrogen-bond donors (Lipinski definition) is 3. The summed E-state index contributed by atoms with van der Waals surface area (Å²) >= 11 is 5.36. The Bertz CT molecular complexity index is 849. The zero-order valence-electron chi connectivity index (χ0n) is 15.5. The predicted octanol–water partition coefficient (Wildman–Crippen LogP) is 2.60. The molecule has 7 heteroatoms. The van der Waals surface area contributed by atoms with E-state index in [0.717, 1.165) is 0 Å². The first kappa shape index (κ1) is 20.4. The molecule has 0 radical (unpaired) electrons. The smallest absolute Gasteiger partial charge is 0.257 e. The summed E-state index contributed by atoms with van der Waals surface area (Å²) in [7, 11) is 0. The van der Waals surface area contributed by atoms with Gasteiger partial charge in [-0.2, -0.15) is 0 Å². The molecule has 0 aromatic heterocycles. The highest BCUT2D eigenvalue weighted by molar-refractivity contribution is 7.80. The van der Waals surface area contributed by atoms with E-state index in [1.165, 1.54) is 6.07 Å². The minimum absolute atomic E-state index is 0.0431. The second-order valence-electron chi connectivity index (χ2n) is 7.01. The summed E-state index contributed by atoms with van der Waals surface area (Å²) < 4.78 is 20.4. The third kappa shape index (κ3) is 4.06. The van der Waals surface area contributed by atoms with Crippen molar-refractivity contribution < 1.29 is 19.0 Å². The van der Waals surface area contributed by atoms with Crippen molar-refractivity contribution in [2.75, 3.05) is 19.8 Å². The maximum atomic E-state index is 14.7. The van der Waals surface area contributed by atoms with Crippen molar-refractivity contribution in [2.45, 2.75) is 12.5 Å². The lowest BCUT2D eigenvalue weighted by molar-refractivity contribution is -0.0695. The van der Waals surface area contributed by atoms with Crippen LogP contribution in [0.2, 0.25) is 0 Å². The third-order valence-electron chi connectivity index (χ3n) is 5.18. The molecule has 0 aliphatic carbocycles. The Morgan fingerprint density at radius 2 is 1.93 bits per heavy atom. The molecule has 3 N–H and O–H groups in total. The van der Waals surface area contributed by atoms with Gasteiger partial charge in [-0.05, 0) is 36.3 Å². The molecule has 2 aromatic rings. The highest BCUT2D eigenvalue weighted by atomic mass is 32.1. The number of hydrogen-bond acceptors (Lipinski definition) is 4. The molecule has 1 unspecified atom stereocenters. The van der Waals surface area contributed by atoms with Gasteiger partial charge in [0.1, 0.15) is 5.82 Å². The third-order valence-corrected chi connectivity index (χ3v) is 5.39. The molecule has 0 bridgehead atoms. The van der Waals surface area contributed by atoms with Gasteiger partial charge in [-0.15, -0.1) is 0 Å². The molecule has 1 fully saturated rings. The van der Waals surface area contributed by atoms with Crippen LogP contribution in [-0.2, 0) is 10.3 Å². The number of nitrogens with one attached hydrogen (secondary N) is 2. The number of aliphatic hydroxyl groups is 1. The number of amides is 1. The fraction of sp³-hybridized carbons (Fsp3) is 0.333. The summed E-state index contributed by atoms with van der Waals surface area (Å²) in [5.41, 5.74) is -0.297. The largest absolute Gasteiger partial charge is 0.396 e. The summed E-state index contributed by atoms with van der Waals surface area (Å²) in [6.45, 7) is 2.32. The Labute approximate surface area is 168 Å². The quantitative estimate of drug-likeness (QED) is 0.686. The van der Waals surface area contributed by atoms with Crippen LogP contribution in [0.5, 0.6) is 0 Å². The maximum Gasteiger partial charge on any atom is 0.257 e. The highest BCUT2D eigenvalue weighted by Gasteiger charge is 2.48. The molecule has 148 valence electrons. The van der Waals surface area contributed by atoms with E-state index in [2.05, 4.69) is 10.6 Å². The van der Waals surface area contributed by atoms with E-state index in [4.69, 9.17) is 17.0 Å². The van der Waals surface area contributed by atoms with Crippen LogP contribution in [0.25, 0.3) is 0 Å². The van der Waals surface area contributed by atoms with E-state index in [-0.39, 0.29) is 36.1 Å². The van der Waals surface area contributed by atoms with Crippen molar-refractivity contribution in [3.63, 3.8) is 0 Å². The molecule has 1 saturated heterocycles. The topological polar surface area (TPSA) is 70.6 Å². The van der Waals surface area contributed by atoms with Gasteiger partial charge < -0.3 is 15.2 Å². The lowest BCUT2D eigenvalue weighted by Gasteiger charge is -2.47. The van der Waals surface area contributed by atoms with Crippen LogP contribution in [-0.4, -0.2) is 35.9 Å². The number of benzene rings is 2. The van der Waals surface area contributed by atoms with Crippen LogP contribution >= 0.6 is 12.2 Å². The first-order valence-corrected chi connectivity index (χ1v) is 9.51. The van der Waals surface area contributed by atoms with E-state index < -0.39 is 11.4 Å². The molecule has 3 atom stereocenters. The summed E-state index contributed by atoms with van der Waals surface area (Å²) in [5, 5.41) is 15.9. The van der Waals surface area contributed by atoms with Gasteiger partial charge in [0.25, 0.3) is 5.91 Å². The summed E-state index contributed by atoms with van der Waals surface area (Å²) in [4.78, 5) is 12.4. The van der Waals surface area contributed by atoms with E-state index in [1.807, 2.05) is 13.0 Å². The van der Waals surface area contributed by atoms with Crippen molar-refractivity contribution >= 4 is 23.2 Å². The first-order valence-electron chi connectivity index (χ1n) is 9.10. The minimum atomic E-state index is -1.10. The van der Waals surface area contributed by atoms with Gasteiger partial charge in [-0.1, -0.05) is 43.3 Å². The van der Waals surface area contributed by atoms with E-state index >= 15 is 0 Å². The Morgan fingerprint density at radius 3 is 2.61 bits per heavy atom. The first-order chi connectivity index (χ1) is 13.5. The summed E-state index contributed by atoms with van der Waals surface area (Å²) in [5.74, 6) is -1.20. The number of carbonyl (C=O) groups excluding carboxylic acids is 1. The van der Waals surface area contributed by atoms with Crippen LogP contribution < -0.4 is 10.6 Å². The Balaban J connectivity index is 1.91. The summed E-state index contributed by atoms with van der Waals surface area (Å²) in [6, 6.07) is 15.0. The molecular weight excluding hydrogens is 379 g/mol. The molecule has 0 spiro atoms. The van der Waals surface area contributed by atoms with E-state index in [0.29, 0.717) is 17.7 Å². The van der Waals surface area contributed by atoms with Crippen LogP contribution in [0.4, 0.5) is 4.39 Å². The molecule has 3 rings (SSSR count). The molecule has 1 amide bonds. The minimum Gasteiger partial charge on any atom is -0.396 e. The average Bonchev–Trinajstić information content (AvgIpc) is 2.69. The van der Waals surface area contributed by atoms with Crippen LogP contribution in [0.3, 0.4) is 0 Å². The second-order valence-corrected chi connectivity index (χ2v) is 7.42. The molecular formula is C21H23FN2O3S. The molecule has 2 aromatic carbocycles. The second kappa shape index (κ2) is 8.77. The van der Waals surface area contributed by atoms with Crippen molar-refractivity contribution in [3.8, 4) is 0 Å². The Morgan fingerprint density at radius 1 is 1.25 bits per heavy atom. The molecule has 1 aliphatic rings. The van der Waals surface area contributed by atoms with Crippen LogP contribution in [0.15, 0.2) is 54.6 Å². The number of thiocarbonyl (C=S) groups is 1. The number of rotatable bonds is 4. The van der Waals surface area contributed by atoms with Gasteiger partial charge in [0.05, 0.1) is 12.1 Å². The number of carbonyl (C=O) groups is 1. The van der Waals surface area contributed by atoms with Gasteiger partial charge in [-0.25, -0.2) is 4.39 Å². The fourth-order valence-corrected chi connectivity index (χ4v) is 4.02. The standard InChI is InChI=1S/C21H23FN2O3S/c1-14-12-27-13-21(17(14)11-25,16-9-5-6-10-18(16)22)24-20(28)23-19(26)15-7-3-2-4-8-15/h2-10,14,17,25H,11-13H2,1H3,(H2,23,24,26,28)/t14?,17-,21-/m1/s1. The van der Waals surface area contributed by atoms with Gasteiger partial charge >= 0.3 is 0 Å². The SMILES string of the molecule is CC1COC[C@@](NC(=S)NC(=O)c2ccccc2)(c2ccccc2F)[C@@H]1CO. The van der Waals surface area contributed by atoms with Gasteiger partial charge in [0.15, 0.2) is 5.11 Å². The molecule has 28 heavy (non-hydrogen) atoms. The molecule has 5 nitrogen and oxygen atoms in total. The summed E-state index contributed by atoms with van der Waals surface area (Å²) in [6.07, 6.45) is 0. The van der Waals surface area contributed by atoms with Crippen LogP contribution in [0, 0.1) is 17.7 Å².